The Bertz CT molecular complexity index is 1600. The molecule has 1 aliphatic heterocycles. The molecule has 1 aliphatic rings. The number of sulfone groups is 1. The first-order chi connectivity index (χ1) is 19.3. The van der Waals surface area contributed by atoms with E-state index in [1.807, 2.05) is 0 Å². The first-order valence-corrected chi connectivity index (χ1v) is 14.5. The summed E-state index contributed by atoms with van der Waals surface area (Å²) in [6, 6.07) is 7.32. The molecule has 3 N–H and O–H groups in total. The zero-order valence-corrected chi connectivity index (χ0v) is 23.3. The Morgan fingerprint density at radius 1 is 1.32 bits per heavy atom. The van der Waals surface area contributed by atoms with Crippen molar-refractivity contribution in [3.8, 4) is 17.7 Å². The van der Waals surface area contributed by atoms with Crippen LogP contribution in [0.3, 0.4) is 0 Å². The molecule has 2 heterocycles. The molecule has 0 saturated carbocycles. The molecule has 220 valence electrons. The fraction of sp³-hybridized carbons (Fsp3) is 0.407. The molecule has 1 fully saturated rings. The van der Waals surface area contributed by atoms with Gasteiger partial charge in [-0.1, -0.05) is 12.0 Å². The Morgan fingerprint density at radius 2 is 2.07 bits per heavy atom. The molecule has 9 nitrogen and oxygen atoms in total. The second kappa shape index (κ2) is 11.9. The molecule has 1 aromatic heterocycles. The number of methoxy groups -OCH3 is 1. The summed E-state index contributed by atoms with van der Waals surface area (Å²) in [5, 5.41) is 5.07. The van der Waals surface area contributed by atoms with Crippen LogP contribution in [0, 0.1) is 23.7 Å². The lowest BCUT2D eigenvalue weighted by molar-refractivity contribution is -0.169. The lowest BCUT2D eigenvalue weighted by atomic mass is 9.85. The van der Waals surface area contributed by atoms with Crippen LogP contribution in [0.5, 0.6) is 5.75 Å². The van der Waals surface area contributed by atoms with Gasteiger partial charge in [-0.3, -0.25) is 4.79 Å². The van der Waals surface area contributed by atoms with Gasteiger partial charge < -0.3 is 25.3 Å². The number of nitrogens with zero attached hydrogens (tertiary/aromatic N) is 2. The van der Waals surface area contributed by atoms with Crippen LogP contribution < -0.4 is 15.4 Å². The summed E-state index contributed by atoms with van der Waals surface area (Å²) in [5.41, 5.74) is 1.10. The molecule has 1 amide bonds. The molecule has 0 spiro atoms. The maximum Gasteiger partial charge on any atom is 0.408 e. The number of carbonyl (C=O) groups is 1. The molecule has 3 atom stereocenters. The molecule has 41 heavy (non-hydrogen) atoms. The van der Waals surface area contributed by atoms with E-state index in [2.05, 4.69) is 32.6 Å². The Morgan fingerprint density at radius 3 is 2.73 bits per heavy atom. The maximum atomic E-state index is 14.3. The Labute approximate surface area is 234 Å². The van der Waals surface area contributed by atoms with E-state index < -0.39 is 44.6 Å². The third-order valence-corrected chi connectivity index (χ3v) is 8.08. The number of piperidine rings is 1. The number of halogens is 4. The Balaban J connectivity index is 1.39. The van der Waals surface area contributed by atoms with Crippen LogP contribution in [0.4, 0.5) is 23.2 Å². The van der Waals surface area contributed by atoms with Crippen LogP contribution in [0.15, 0.2) is 41.6 Å². The van der Waals surface area contributed by atoms with Crippen molar-refractivity contribution in [3.05, 3.63) is 48.0 Å². The lowest BCUT2D eigenvalue weighted by Gasteiger charge is -2.39. The minimum atomic E-state index is -4.65. The van der Waals surface area contributed by atoms with Gasteiger partial charge in [0.25, 0.3) is 5.91 Å². The van der Waals surface area contributed by atoms with Crippen molar-refractivity contribution >= 4 is 32.5 Å². The molecule has 3 unspecified atom stereocenters. The summed E-state index contributed by atoms with van der Waals surface area (Å²) >= 11 is 0. The average molecular weight is 596 g/mol. The molecule has 2 aromatic carbocycles. The van der Waals surface area contributed by atoms with Gasteiger partial charge in [0.05, 0.1) is 36.7 Å². The second-order valence-electron chi connectivity index (χ2n) is 9.82. The van der Waals surface area contributed by atoms with Gasteiger partial charge in [0.15, 0.2) is 9.84 Å². The first kappa shape index (κ1) is 30.0. The van der Waals surface area contributed by atoms with Gasteiger partial charge in [-0.15, -0.1) is 0 Å². The minimum absolute atomic E-state index is 0.0423. The topological polar surface area (TPSA) is 116 Å². The number of aromatic nitrogens is 2. The van der Waals surface area contributed by atoms with E-state index >= 15 is 0 Å². The van der Waals surface area contributed by atoms with Crippen molar-refractivity contribution in [2.45, 2.75) is 42.9 Å². The van der Waals surface area contributed by atoms with E-state index in [0.29, 0.717) is 11.0 Å². The third-order valence-electron chi connectivity index (χ3n) is 6.97. The Kier molecular flexibility index (Phi) is 8.67. The number of amides is 1. The summed E-state index contributed by atoms with van der Waals surface area (Å²) in [7, 11) is -2.48. The predicted octanol–water partition coefficient (Wildman–Crippen LogP) is 3.95. The van der Waals surface area contributed by atoms with Crippen molar-refractivity contribution in [1.29, 1.82) is 0 Å². The van der Waals surface area contributed by atoms with Crippen molar-refractivity contribution in [3.63, 3.8) is 0 Å². The number of hydrogen-bond donors (Lipinski definition) is 3. The van der Waals surface area contributed by atoms with Crippen LogP contribution in [-0.2, 0) is 9.84 Å². The van der Waals surface area contributed by atoms with Crippen LogP contribution in [0.1, 0.15) is 30.1 Å². The van der Waals surface area contributed by atoms with E-state index in [1.54, 1.807) is 24.0 Å². The van der Waals surface area contributed by atoms with Crippen molar-refractivity contribution in [2.75, 3.05) is 31.8 Å². The van der Waals surface area contributed by atoms with Crippen molar-refractivity contribution in [2.24, 2.45) is 5.92 Å². The summed E-state index contributed by atoms with van der Waals surface area (Å²) in [4.78, 5) is 21.0. The highest BCUT2D eigenvalue weighted by Gasteiger charge is 2.47. The first-order valence-electron chi connectivity index (χ1n) is 12.7. The molecule has 0 bridgehead atoms. The number of imidazole rings is 1. The number of anilines is 1. The molecule has 14 heteroatoms. The summed E-state index contributed by atoms with van der Waals surface area (Å²) in [5.74, 6) is 0.336. The fourth-order valence-electron chi connectivity index (χ4n) is 4.92. The number of fused-ring (bicyclic) bond motifs is 1. The number of carbonyl (C=O) groups excluding carboxylic acids is 1. The average Bonchev–Trinajstić information content (AvgIpc) is 3.38. The molecule has 4 rings (SSSR count). The largest absolute Gasteiger partial charge is 0.495 e. The number of likely N-dealkylation sites (tertiary alicyclic amines) is 1. The number of alkyl halides is 3. The van der Waals surface area contributed by atoms with Crippen LogP contribution in [0.25, 0.3) is 11.0 Å². The van der Waals surface area contributed by atoms with E-state index in [9.17, 15) is 30.8 Å². The maximum absolute atomic E-state index is 14.3. The standard InChI is InChI=1S/C27H29F4N5O4S/c1-16-12-17(25(27(29,30)31)35-26(37)18-6-4-7-20-24(18)34-15-33-20)8-11-36(16)10-5-9-32-21-13-19(28)23(41(3,38)39)14-22(21)40-2/h4,6-7,13-17,25,32H,8-9,11-12H2,1-3H3,(H,33,34)(H,35,37). The van der Waals surface area contributed by atoms with Crippen LogP contribution in [0.2, 0.25) is 0 Å². The fourth-order valence-corrected chi connectivity index (χ4v) is 5.65. The van der Waals surface area contributed by atoms with Crippen molar-refractivity contribution < 1.29 is 35.5 Å². The van der Waals surface area contributed by atoms with E-state index in [4.69, 9.17) is 4.74 Å². The highest BCUT2D eigenvalue weighted by Crippen LogP contribution is 2.34. The highest BCUT2D eigenvalue weighted by molar-refractivity contribution is 7.90. The SMILES string of the molecule is COc1cc(S(C)(=O)=O)c(F)cc1NCC#CN1CCC(C(NC(=O)c2cccc3[nH]cnc23)C(F)(F)F)CC1C. The number of para-hydroxylation sites is 1. The van der Waals surface area contributed by atoms with Gasteiger partial charge in [-0.2, -0.15) is 13.2 Å². The van der Waals surface area contributed by atoms with Gasteiger partial charge in [0.2, 0.25) is 0 Å². The van der Waals surface area contributed by atoms with Gasteiger partial charge in [0.1, 0.15) is 28.0 Å². The van der Waals surface area contributed by atoms with Crippen LogP contribution in [-0.4, -0.2) is 73.9 Å². The molecule has 0 radical (unpaired) electrons. The smallest absolute Gasteiger partial charge is 0.408 e. The van der Waals surface area contributed by atoms with Crippen molar-refractivity contribution in [1.82, 2.24) is 20.2 Å². The highest BCUT2D eigenvalue weighted by atomic mass is 32.2. The molecular formula is C27H29F4N5O4S. The lowest BCUT2D eigenvalue weighted by Crippen LogP contribution is -2.54. The molecule has 3 aromatic rings. The van der Waals surface area contributed by atoms with E-state index in [0.717, 1.165) is 18.4 Å². The minimum Gasteiger partial charge on any atom is -0.495 e. The molecule has 1 saturated heterocycles. The molecule has 0 aliphatic carbocycles. The van der Waals surface area contributed by atoms with Gasteiger partial charge >= 0.3 is 6.18 Å². The third kappa shape index (κ3) is 6.84. The quantitative estimate of drug-likeness (QED) is 0.280. The summed E-state index contributed by atoms with van der Waals surface area (Å²) < 4.78 is 85.2. The predicted molar refractivity (Wildman–Crippen MR) is 145 cm³/mol. The number of ether oxygens (including phenoxy) is 1. The van der Waals surface area contributed by atoms with Gasteiger partial charge in [-0.25, -0.2) is 17.8 Å². The number of aromatic amines is 1. The second-order valence-corrected chi connectivity index (χ2v) is 11.8. The number of benzene rings is 2. The number of rotatable bonds is 7. The van der Waals surface area contributed by atoms with Gasteiger partial charge in [-0.05, 0) is 37.8 Å². The molecular weight excluding hydrogens is 566 g/mol. The monoisotopic (exact) mass is 595 g/mol. The van der Waals surface area contributed by atoms with E-state index in [-0.39, 0.29) is 49.0 Å². The zero-order chi connectivity index (χ0) is 29.9. The zero-order valence-electron chi connectivity index (χ0n) is 22.5. The summed E-state index contributed by atoms with van der Waals surface area (Å²) in [6.07, 6.45) is -2.10. The van der Waals surface area contributed by atoms with Gasteiger partial charge in [0, 0.05) is 37.0 Å². The van der Waals surface area contributed by atoms with E-state index in [1.165, 1.54) is 19.5 Å². The number of hydrogen-bond acceptors (Lipinski definition) is 7. The number of nitrogens with one attached hydrogen (secondary N) is 3. The Hall–Kier alpha value is -3.99. The van der Waals surface area contributed by atoms with Crippen LogP contribution >= 0.6 is 0 Å². The normalized spacial score (nSPS) is 18.4. The summed E-state index contributed by atoms with van der Waals surface area (Å²) in [6.45, 7) is 2.05. The number of H-pyrrole nitrogens is 1.